The van der Waals surface area contributed by atoms with E-state index in [9.17, 15) is 10.4 Å². The summed E-state index contributed by atoms with van der Waals surface area (Å²) in [6, 6.07) is 2.30. The quantitative estimate of drug-likeness (QED) is 0.768. The number of aliphatic hydroxyl groups excluding tert-OH is 1. The van der Waals surface area contributed by atoms with Gasteiger partial charge < -0.3 is 14.6 Å². The van der Waals surface area contributed by atoms with Gasteiger partial charge in [-0.2, -0.15) is 5.26 Å². The molecular formula is C12H19NO3. The molecule has 2 aliphatic rings. The van der Waals surface area contributed by atoms with Crippen LogP contribution in [0.25, 0.3) is 0 Å². The first kappa shape index (κ1) is 11.8. The van der Waals surface area contributed by atoms with E-state index in [0.29, 0.717) is 26.1 Å². The normalized spacial score (nSPS) is 35.6. The zero-order chi connectivity index (χ0) is 11.6. The molecule has 2 fully saturated rings. The van der Waals surface area contributed by atoms with Gasteiger partial charge in [0.1, 0.15) is 0 Å². The fourth-order valence-electron chi connectivity index (χ4n) is 2.63. The molecule has 0 bridgehead atoms. The second-order valence-electron chi connectivity index (χ2n) is 4.89. The summed E-state index contributed by atoms with van der Waals surface area (Å²) in [5.74, 6) is 0. The van der Waals surface area contributed by atoms with Crippen molar-refractivity contribution in [3.63, 3.8) is 0 Å². The van der Waals surface area contributed by atoms with Crippen molar-refractivity contribution >= 4 is 0 Å². The maximum Gasteiger partial charge on any atom is 0.0989 e. The molecule has 0 amide bonds. The summed E-state index contributed by atoms with van der Waals surface area (Å²) in [4.78, 5) is 0. The van der Waals surface area contributed by atoms with Gasteiger partial charge in [0.05, 0.1) is 29.8 Å². The predicted molar refractivity (Wildman–Crippen MR) is 57.7 cm³/mol. The van der Waals surface area contributed by atoms with Crippen LogP contribution in [0.1, 0.15) is 32.6 Å². The van der Waals surface area contributed by atoms with Crippen molar-refractivity contribution in [1.82, 2.24) is 0 Å². The van der Waals surface area contributed by atoms with Gasteiger partial charge in [0.25, 0.3) is 0 Å². The van der Waals surface area contributed by atoms with E-state index >= 15 is 0 Å². The van der Waals surface area contributed by atoms with Crippen LogP contribution in [-0.2, 0) is 9.47 Å². The Bertz CT molecular complexity index is 280. The molecule has 0 radical (unpaired) electrons. The molecule has 0 aliphatic carbocycles. The Morgan fingerprint density at radius 1 is 1.38 bits per heavy atom. The van der Waals surface area contributed by atoms with Crippen molar-refractivity contribution in [3.05, 3.63) is 0 Å². The molecule has 3 atom stereocenters. The molecule has 0 saturated carbocycles. The van der Waals surface area contributed by atoms with Crippen LogP contribution in [0.5, 0.6) is 0 Å². The number of rotatable bonds is 2. The van der Waals surface area contributed by atoms with Gasteiger partial charge in [-0.3, -0.25) is 0 Å². The molecule has 2 rings (SSSR count). The van der Waals surface area contributed by atoms with Crippen molar-refractivity contribution in [3.8, 4) is 6.07 Å². The minimum atomic E-state index is -0.675. The Morgan fingerprint density at radius 2 is 2.06 bits per heavy atom. The minimum absolute atomic E-state index is 0.173. The van der Waals surface area contributed by atoms with Crippen molar-refractivity contribution in [1.29, 1.82) is 5.26 Å². The van der Waals surface area contributed by atoms with E-state index in [1.54, 1.807) is 0 Å². The van der Waals surface area contributed by atoms with E-state index in [0.717, 1.165) is 12.8 Å². The Hall–Kier alpha value is -0.630. The van der Waals surface area contributed by atoms with Gasteiger partial charge in [-0.15, -0.1) is 0 Å². The zero-order valence-electron chi connectivity index (χ0n) is 9.69. The summed E-state index contributed by atoms with van der Waals surface area (Å²) in [6.45, 7) is 3.13. The van der Waals surface area contributed by atoms with E-state index in [4.69, 9.17) is 9.47 Å². The number of nitrogens with zero attached hydrogens (tertiary/aromatic N) is 1. The van der Waals surface area contributed by atoms with Crippen molar-refractivity contribution in [2.75, 3.05) is 13.2 Å². The highest BCUT2D eigenvalue weighted by molar-refractivity contribution is 5.07. The summed E-state index contributed by atoms with van der Waals surface area (Å²) >= 11 is 0. The average molecular weight is 225 g/mol. The van der Waals surface area contributed by atoms with Crippen molar-refractivity contribution in [2.45, 2.75) is 50.9 Å². The first-order valence-electron chi connectivity index (χ1n) is 6.00. The van der Waals surface area contributed by atoms with E-state index < -0.39 is 11.5 Å². The van der Waals surface area contributed by atoms with E-state index in [1.165, 1.54) is 0 Å². The Kier molecular flexibility index (Phi) is 3.48. The largest absolute Gasteiger partial charge is 0.389 e. The van der Waals surface area contributed by atoms with Crippen LogP contribution in [-0.4, -0.2) is 36.6 Å². The topological polar surface area (TPSA) is 62.5 Å². The highest BCUT2D eigenvalue weighted by atomic mass is 16.5. The first-order chi connectivity index (χ1) is 7.68. The maximum atomic E-state index is 10.3. The van der Waals surface area contributed by atoms with Crippen LogP contribution in [0.4, 0.5) is 0 Å². The fraction of sp³-hybridized carbons (Fsp3) is 0.917. The third-order valence-corrected chi connectivity index (χ3v) is 3.79. The van der Waals surface area contributed by atoms with Gasteiger partial charge >= 0.3 is 0 Å². The molecule has 4 nitrogen and oxygen atoms in total. The summed E-state index contributed by atoms with van der Waals surface area (Å²) in [5, 5.41) is 19.7. The molecule has 2 heterocycles. The Labute approximate surface area is 96.2 Å². The zero-order valence-corrected chi connectivity index (χ0v) is 9.69. The highest BCUT2D eigenvalue weighted by Crippen LogP contribution is 2.38. The lowest BCUT2D eigenvalue weighted by atomic mass is 9.74. The monoisotopic (exact) mass is 225 g/mol. The molecule has 2 saturated heterocycles. The summed E-state index contributed by atoms with van der Waals surface area (Å²) in [7, 11) is 0. The first-order valence-corrected chi connectivity index (χ1v) is 6.00. The number of hydrogen-bond donors (Lipinski definition) is 1. The molecule has 0 aromatic carbocycles. The van der Waals surface area contributed by atoms with E-state index in [-0.39, 0.29) is 12.2 Å². The second kappa shape index (κ2) is 4.70. The van der Waals surface area contributed by atoms with Crippen LogP contribution < -0.4 is 0 Å². The highest BCUT2D eigenvalue weighted by Gasteiger charge is 2.45. The van der Waals surface area contributed by atoms with Crippen LogP contribution in [0.2, 0.25) is 0 Å². The smallest absolute Gasteiger partial charge is 0.0989 e. The molecule has 1 N–H and O–H groups in total. The fourth-order valence-corrected chi connectivity index (χ4v) is 2.63. The van der Waals surface area contributed by atoms with E-state index in [1.807, 2.05) is 6.92 Å². The van der Waals surface area contributed by atoms with Gasteiger partial charge in [-0.05, 0) is 32.6 Å². The Morgan fingerprint density at radius 3 is 2.56 bits per heavy atom. The molecule has 16 heavy (non-hydrogen) atoms. The van der Waals surface area contributed by atoms with Gasteiger partial charge in [-0.25, -0.2) is 0 Å². The predicted octanol–water partition coefficient (Wildman–Crippen LogP) is 1.24. The lowest BCUT2D eigenvalue weighted by Gasteiger charge is -2.37. The van der Waals surface area contributed by atoms with Crippen molar-refractivity contribution < 1.29 is 14.6 Å². The maximum absolute atomic E-state index is 10.3. The summed E-state index contributed by atoms with van der Waals surface area (Å²) in [5.41, 5.74) is -0.660. The van der Waals surface area contributed by atoms with Crippen LogP contribution in [0.15, 0.2) is 0 Å². The van der Waals surface area contributed by atoms with Gasteiger partial charge in [-0.1, -0.05) is 0 Å². The number of aliphatic hydroxyl groups is 1. The molecule has 4 heteroatoms. The summed E-state index contributed by atoms with van der Waals surface area (Å²) in [6.07, 6.45) is 2.40. The lowest BCUT2D eigenvalue weighted by Crippen LogP contribution is -2.45. The van der Waals surface area contributed by atoms with Gasteiger partial charge in [0.15, 0.2) is 0 Å². The minimum Gasteiger partial charge on any atom is -0.389 e. The molecule has 90 valence electrons. The lowest BCUT2D eigenvalue weighted by molar-refractivity contribution is -0.101. The molecule has 3 unspecified atom stereocenters. The van der Waals surface area contributed by atoms with Gasteiger partial charge in [0, 0.05) is 13.2 Å². The molecule has 2 aliphatic heterocycles. The Balaban J connectivity index is 2.06. The SMILES string of the molecule is CC1CCC(C(O)C2(C#N)CCOCC2)O1. The second-order valence-corrected chi connectivity index (χ2v) is 4.89. The van der Waals surface area contributed by atoms with Crippen LogP contribution in [0, 0.1) is 16.7 Å². The van der Waals surface area contributed by atoms with Crippen LogP contribution in [0.3, 0.4) is 0 Å². The third-order valence-electron chi connectivity index (χ3n) is 3.79. The molecule has 0 aromatic heterocycles. The average Bonchev–Trinajstić information content (AvgIpc) is 2.76. The van der Waals surface area contributed by atoms with E-state index in [2.05, 4.69) is 6.07 Å². The summed E-state index contributed by atoms with van der Waals surface area (Å²) < 4.78 is 10.9. The van der Waals surface area contributed by atoms with Gasteiger partial charge in [0.2, 0.25) is 0 Å². The number of hydrogen-bond acceptors (Lipinski definition) is 4. The molecule has 0 spiro atoms. The number of nitriles is 1. The van der Waals surface area contributed by atoms with Crippen LogP contribution >= 0.6 is 0 Å². The number of ether oxygens (including phenoxy) is 2. The molecule has 0 aromatic rings. The third kappa shape index (κ3) is 2.08. The standard InChI is InChI=1S/C12H19NO3/c1-9-2-3-10(16-9)11(14)12(8-13)4-6-15-7-5-12/h9-11,14H,2-7H2,1H3. The molecular weight excluding hydrogens is 206 g/mol. The van der Waals surface area contributed by atoms with Crippen molar-refractivity contribution in [2.24, 2.45) is 5.41 Å².